The van der Waals surface area contributed by atoms with Crippen molar-refractivity contribution in [2.24, 2.45) is 0 Å². The van der Waals surface area contributed by atoms with Gasteiger partial charge in [0, 0.05) is 65.2 Å². The van der Waals surface area contributed by atoms with Crippen molar-refractivity contribution in [3.8, 4) is 22.5 Å². The molecule has 0 unspecified atom stereocenters. The Morgan fingerprint density at radius 3 is 1.00 bits per heavy atom. The Kier molecular flexibility index (Phi) is 6.02. The number of aromatic nitrogens is 4. The van der Waals surface area contributed by atoms with Gasteiger partial charge < -0.3 is 17.9 Å². The number of nitrogens with zero attached hydrogens (tertiary/aromatic N) is 4. The average molecular weight is 811 g/mol. The minimum absolute atomic E-state index is 1.17. The summed E-state index contributed by atoms with van der Waals surface area (Å²) in [7, 11) is 0. The molecule has 10 aromatic carbocycles. The van der Waals surface area contributed by atoms with Crippen LogP contribution in [0.1, 0.15) is 0 Å². The Labute approximate surface area is 364 Å². The van der Waals surface area contributed by atoms with Gasteiger partial charge in [-0.2, -0.15) is 0 Å². The average Bonchev–Trinajstić information content (AvgIpc) is 4.04. The Balaban J connectivity index is 0.973. The Morgan fingerprint density at radius 1 is 0.219 bits per heavy atom. The first-order valence-electron chi connectivity index (χ1n) is 22.2. The molecule has 0 aliphatic rings. The van der Waals surface area contributed by atoms with Gasteiger partial charge in [-0.1, -0.05) is 121 Å². The quantitative estimate of drug-likeness (QED) is 0.169. The third-order valence-corrected chi connectivity index (χ3v) is 14.6. The van der Waals surface area contributed by atoms with Gasteiger partial charge in [-0.25, -0.2) is 0 Å². The van der Waals surface area contributed by atoms with Crippen LogP contribution in [0.25, 0.3) is 142 Å². The van der Waals surface area contributed by atoms with Crippen LogP contribution in [0.15, 0.2) is 206 Å². The van der Waals surface area contributed by atoms with Crippen LogP contribution in [-0.4, -0.2) is 17.9 Å². The molecule has 16 rings (SSSR count). The lowest BCUT2D eigenvalue weighted by Gasteiger charge is -2.09. The highest BCUT2D eigenvalue weighted by atomic mass is 15.0. The first kappa shape index (κ1) is 33.1. The van der Waals surface area contributed by atoms with E-state index in [2.05, 4.69) is 224 Å². The number of hydrogen-bond donors (Lipinski definition) is 0. The lowest BCUT2D eigenvalue weighted by molar-refractivity contribution is 1.18. The fourth-order valence-corrected chi connectivity index (χ4v) is 12.1. The summed E-state index contributed by atoms with van der Waals surface area (Å²) in [5, 5.41) is 15.4. The van der Waals surface area contributed by atoms with E-state index in [0.717, 1.165) is 0 Å². The molecule has 6 heterocycles. The molecule has 64 heavy (non-hydrogen) atoms. The van der Waals surface area contributed by atoms with E-state index in [-0.39, 0.29) is 0 Å². The predicted molar refractivity (Wildman–Crippen MR) is 270 cm³/mol. The Bertz CT molecular complexity index is 4340. The lowest BCUT2D eigenvalue weighted by atomic mass is 9.99. The molecule has 0 aliphatic carbocycles. The second-order valence-corrected chi connectivity index (χ2v) is 17.6. The van der Waals surface area contributed by atoms with Gasteiger partial charge in [0.1, 0.15) is 0 Å². The van der Waals surface area contributed by atoms with Gasteiger partial charge in [-0.05, 0) is 107 Å². The van der Waals surface area contributed by atoms with Crippen LogP contribution in [0.3, 0.4) is 0 Å². The molecule has 0 aliphatic heterocycles. The summed E-state index contributed by atoms with van der Waals surface area (Å²) < 4.78 is 9.95. The molecule has 16 aromatic rings. The highest BCUT2D eigenvalue weighted by molar-refractivity contribution is 6.33. The van der Waals surface area contributed by atoms with Crippen molar-refractivity contribution < 1.29 is 0 Å². The smallest absolute Gasteiger partial charge is 0.0619 e. The van der Waals surface area contributed by atoms with Crippen LogP contribution in [0, 0.1) is 0 Å². The zero-order valence-corrected chi connectivity index (χ0v) is 34.4. The van der Waals surface area contributed by atoms with Gasteiger partial charge in [-0.15, -0.1) is 0 Å². The van der Waals surface area contributed by atoms with Crippen LogP contribution < -0.4 is 0 Å². The number of benzene rings is 10. The van der Waals surface area contributed by atoms with Crippen molar-refractivity contribution in [1.82, 2.24) is 17.9 Å². The molecule has 0 saturated heterocycles. The van der Waals surface area contributed by atoms with E-state index in [9.17, 15) is 0 Å². The number of rotatable bonds is 3. The molecular formula is C60H34N4. The first-order chi connectivity index (χ1) is 31.8. The lowest BCUT2D eigenvalue weighted by Crippen LogP contribution is -1.93. The van der Waals surface area contributed by atoms with Gasteiger partial charge in [-0.3, -0.25) is 0 Å². The summed E-state index contributed by atoms with van der Waals surface area (Å²) in [6, 6.07) is 76.9. The number of fused-ring (bicyclic) bond motifs is 10. The molecule has 0 amide bonds. The Morgan fingerprint density at radius 2 is 0.562 bits per heavy atom. The second kappa shape index (κ2) is 11.6. The molecule has 0 saturated carbocycles. The summed E-state index contributed by atoms with van der Waals surface area (Å²) in [6.45, 7) is 0. The highest BCUT2D eigenvalue weighted by Crippen LogP contribution is 2.47. The van der Waals surface area contributed by atoms with Gasteiger partial charge in [0.05, 0.1) is 55.2 Å². The van der Waals surface area contributed by atoms with Crippen LogP contribution in [-0.2, 0) is 0 Å². The molecule has 0 bridgehead atoms. The maximum absolute atomic E-state index is 2.54. The number of para-hydroxylation sites is 4. The summed E-state index contributed by atoms with van der Waals surface area (Å²) in [5.74, 6) is 0. The van der Waals surface area contributed by atoms with Crippen LogP contribution in [0.5, 0.6) is 0 Å². The fraction of sp³-hybridized carbons (Fsp3) is 0. The second-order valence-electron chi connectivity index (χ2n) is 17.6. The maximum atomic E-state index is 2.54. The molecule has 0 fully saturated rings. The van der Waals surface area contributed by atoms with Gasteiger partial charge in [0.15, 0.2) is 0 Å². The van der Waals surface area contributed by atoms with Crippen LogP contribution in [0.2, 0.25) is 0 Å². The molecule has 0 N–H and O–H groups in total. The van der Waals surface area contributed by atoms with Crippen molar-refractivity contribution in [3.05, 3.63) is 206 Å². The third kappa shape index (κ3) is 3.92. The minimum Gasteiger partial charge on any atom is -0.309 e. The summed E-state index contributed by atoms with van der Waals surface area (Å²) in [5.41, 5.74) is 17.1. The monoisotopic (exact) mass is 810 g/mol. The Hall–Kier alpha value is -8.60. The summed E-state index contributed by atoms with van der Waals surface area (Å²) in [6.07, 6.45) is 0. The molecular weight excluding hydrogens is 777 g/mol. The molecule has 294 valence electrons. The zero-order chi connectivity index (χ0) is 41.4. The van der Waals surface area contributed by atoms with Crippen molar-refractivity contribution >= 4 is 120 Å². The maximum Gasteiger partial charge on any atom is 0.0619 e. The van der Waals surface area contributed by atoms with Crippen molar-refractivity contribution in [2.45, 2.75) is 0 Å². The first-order valence-corrected chi connectivity index (χ1v) is 22.2. The molecule has 4 heteroatoms. The molecule has 0 atom stereocenters. The predicted octanol–water partition coefficient (Wildman–Crippen LogP) is 15.8. The summed E-state index contributed by atoms with van der Waals surface area (Å²) >= 11 is 0. The fourth-order valence-electron chi connectivity index (χ4n) is 12.1. The van der Waals surface area contributed by atoms with E-state index in [1.54, 1.807) is 0 Å². The minimum atomic E-state index is 1.17. The standard InChI is InChI=1S/C60H34N4/c1-3-13-37(14-4-1)61-49-23-9-17-39-41-19-7-21-43-45-33-35(29-31-47(45)63(59(41)43)53-27-11-25-51(61)57(53)55(39)49)36-30-32-48-46(34-36)44-22-8-20-42-40-18-10-24-50-56(40)58-52(62(50)38-15-5-2-6-16-38)26-12-28-54(58)64(48)60(42)44/h1-34H. The van der Waals surface area contributed by atoms with Gasteiger partial charge in [0.2, 0.25) is 0 Å². The van der Waals surface area contributed by atoms with Gasteiger partial charge >= 0.3 is 0 Å². The van der Waals surface area contributed by atoms with Crippen LogP contribution in [0.4, 0.5) is 0 Å². The highest BCUT2D eigenvalue weighted by Gasteiger charge is 2.24. The van der Waals surface area contributed by atoms with E-state index in [0.29, 0.717) is 0 Å². The molecule has 6 aromatic heterocycles. The van der Waals surface area contributed by atoms with Gasteiger partial charge in [0.25, 0.3) is 0 Å². The number of hydrogen-bond acceptors (Lipinski definition) is 0. The molecule has 0 spiro atoms. The molecule has 4 nitrogen and oxygen atoms in total. The van der Waals surface area contributed by atoms with Crippen LogP contribution >= 0.6 is 0 Å². The van der Waals surface area contributed by atoms with Crippen molar-refractivity contribution in [3.63, 3.8) is 0 Å². The normalized spacial score (nSPS) is 12.7. The van der Waals surface area contributed by atoms with E-state index in [4.69, 9.17) is 0 Å². The van der Waals surface area contributed by atoms with E-state index in [1.165, 1.54) is 142 Å². The van der Waals surface area contributed by atoms with E-state index < -0.39 is 0 Å². The van der Waals surface area contributed by atoms with E-state index in [1.807, 2.05) is 0 Å². The largest absolute Gasteiger partial charge is 0.309 e. The summed E-state index contributed by atoms with van der Waals surface area (Å²) in [4.78, 5) is 0. The van der Waals surface area contributed by atoms with E-state index >= 15 is 0 Å². The zero-order valence-electron chi connectivity index (χ0n) is 34.4. The molecule has 0 radical (unpaired) electrons. The third-order valence-electron chi connectivity index (χ3n) is 14.6. The SMILES string of the molecule is c1ccc(-n2c3cccc4c5cccc6c7cc(-c8ccc9c(c8)c8cccc%10c%11cccc%12c%11c%11c(cccc%11n9c%108)n%12-c8ccccc8)ccc7n(c7cccc2c7c43)c56)cc1. The van der Waals surface area contributed by atoms with Crippen molar-refractivity contribution in [1.29, 1.82) is 0 Å². The van der Waals surface area contributed by atoms with Crippen molar-refractivity contribution in [2.75, 3.05) is 0 Å². The topological polar surface area (TPSA) is 18.7 Å².